The van der Waals surface area contributed by atoms with Gasteiger partial charge in [-0.25, -0.2) is 0 Å². The predicted molar refractivity (Wildman–Crippen MR) is 88.4 cm³/mol. The minimum atomic E-state index is -0.167. The number of aromatic nitrogens is 3. The van der Waals surface area contributed by atoms with Crippen molar-refractivity contribution in [3.8, 4) is 11.1 Å². The standard InChI is InChI=1S/C15H15N5OS/c1-9-13(15(16-2)22-20-9)14(21)19-12-5-3-4-10(6-12)11-7-17-18-8-11/h3-8,16H,1-2H3,(H,17,18)(H,19,21). The van der Waals surface area contributed by atoms with Gasteiger partial charge in [0.15, 0.2) is 0 Å². The number of nitrogens with zero attached hydrogens (tertiary/aromatic N) is 2. The molecule has 3 rings (SSSR count). The Morgan fingerprint density at radius 1 is 1.32 bits per heavy atom. The Hall–Kier alpha value is -2.67. The van der Waals surface area contributed by atoms with E-state index in [2.05, 4.69) is 25.2 Å². The van der Waals surface area contributed by atoms with Crippen LogP contribution in [0.2, 0.25) is 0 Å². The van der Waals surface area contributed by atoms with Gasteiger partial charge in [-0.05, 0) is 36.2 Å². The van der Waals surface area contributed by atoms with Gasteiger partial charge in [0.1, 0.15) is 5.00 Å². The maximum absolute atomic E-state index is 12.5. The lowest BCUT2D eigenvalue weighted by Gasteiger charge is -2.08. The van der Waals surface area contributed by atoms with Gasteiger partial charge >= 0.3 is 0 Å². The summed E-state index contributed by atoms with van der Waals surface area (Å²) in [6.07, 6.45) is 3.56. The van der Waals surface area contributed by atoms with Gasteiger partial charge in [0.2, 0.25) is 0 Å². The van der Waals surface area contributed by atoms with Crippen molar-refractivity contribution in [1.82, 2.24) is 14.6 Å². The van der Waals surface area contributed by atoms with E-state index >= 15 is 0 Å². The zero-order valence-corrected chi connectivity index (χ0v) is 13.0. The molecular weight excluding hydrogens is 298 g/mol. The number of rotatable bonds is 4. The number of aryl methyl sites for hydroxylation is 1. The largest absolute Gasteiger partial charge is 0.378 e. The van der Waals surface area contributed by atoms with E-state index in [9.17, 15) is 4.79 Å². The Morgan fingerprint density at radius 3 is 2.91 bits per heavy atom. The summed E-state index contributed by atoms with van der Waals surface area (Å²) in [6.45, 7) is 1.83. The van der Waals surface area contributed by atoms with Crippen molar-refractivity contribution in [2.24, 2.45) is 0 Å². The SMILES string of the molecule is CNc1snc(C)c1C(=O)Nc1cccc(-c2cn[nH]c2)c1. The number of hydrogen-bond donors (Lipinski definition) is 3. The van der Waals surface area contributed by atoms with Crippen molar-refractivity contribution in [3.63, 3.8) is 0 Å². The number of anilines is 2. The first-order valence-corrected chi connectivity index (χ1v) is 7.51. The molecule has 0 fully saturated rings. The summed E-state index contributed by atoms with van der Waals surface area (Å²) >= 11 is 1.28. The molecule has 6 nitrogen and oxygen atoms in total. The van der Waals surface area contributed by atoms with Crippen molar-refractivity contribution in [1.29, 1.82) is 0 Å². The van der Waals surface area contributed by atoms with Crippen LogP contribution < -0.4 is 10.6 Å². The highest BCUT2D eigenvalue weighted by molar-refractivity contribution is 7.10. The van der Waals surface area contributed by atoms with Crippen molar-refractivity contribution in [2.45, 2.75) is 6.92 Å². The lowest BCUT2D eigenvalue weighted by molar-refractivity contribution is 0.102. The molecule has 2 aromatic heterocycles. The molecule has 0 bridgehead atoms. The van der Waals surface area contributed by atoms with Crippen LogP contribution >= 0.6 is 11.5 Å². The average molecular weight is 313 g/mol. The van der Waals surface area contributed by atoms with Gasteiger partial charge in [0.25, 0.3) is 5.91 Å². The van der Waals surface area contributed by atoms with E-state index in [-0.39, 0.29) is 5.91 Å². The normalized spacial score (nSPS) is 10.5. The molecule has 3 aromatic rings. The monoisotopic (exact) mass is 313 g/mol. The Kier molecular flexibility index (Phi) is 3.88. The Balaban J connectivity index is 1.85. The minimum absolute atomic E-state index is 0.167. The molecule has 22 heavy (non-hydrogen) atoms. The van der Waals surface area contributed by atoms with Gasteiger partial charge in [0.05, 0.1) is 17.5 Å². The maximum Gasteiger partial charge on any atom is 0.260 e. The number of amides is 1. The lowest BCUT2D eigenvalue weighted by atomic mass is 10.1. The molecule has 0 saturated heterocycles. The van der Waals surface area contributed by atoms with Crippen LogP contribution in [0.3, 0.4) is 0 Å². The van der Waals surface area contributed by atoms with Gasteiger partial charge in [-0.1, -0.05) is 12.1 Å². The van der Waals surface area contributed by atoms with Gasteiger partial charge < -0.3 is 10.6 Å². The molecule has 1 aromatic carbocycles. The van der Waals surface area contributed by atoms with E-state index < -0.39 is 0 Å². The fourth-order valence-electron chi connectivity index (χ4n) is 2.19. The van der Waals surface area contributed by atoms with E-state index in [1.807, 2.05) is 37.4 Å². The van der Waals surface area contributed by atoms with Crippen molar-refractivity contribution in [2.75, 3.05) is 17.7 Å². The third-order valence-electron chi connectivity index (χ3n) is 3.27. The summed E-state index contributed by atoms with van der Waals surface area (Å²) in [6, 6.07) is 7.64. The molecule has 0 aliphatic carbocycles. The van der Waals surface area contributed by atoms with E-state index in [4.69, 9.17) is 0 Å². The maximum atomic E-state index is 12.5. The first kappa shape index (κ1) is 14.3. The van der Waals surface area contributed by atoms with E-state index in [0.717, 1.165) is 27.5 Å². The molecule has 3 N–H and O–H groups in total. The predicted octanol–water partition coefficient (Wildman–Crippen LogP) is 3.14. The highest BCUT2D eigenvalue weighted by Crippen LogP contribution is 2.26. The average Bonchev–Trinajstić information content (AvgIpc) is 3.16. The van der Waals surface area contributed by atoms with Crippen LogP contribution in [-0.4, -0.2) is 27.5 Å². The molecule has 0 radical (unpaired) electrons. The quantitative estimate of drug-likeness (QED) is 0.691. The number of H-pyrrole nitrogens is 1. The molecule has 0 atom stereocenters. The van der Waals surface area contributed by atoms with Gasteiger partial charge in [-0.3, -0.25) is 9.89 Å². The van der Waals surface area contributed by atoms with Crippen LogP contribution in [0.4, 0.5) is 10.7 Å². The van der Waals surface area contributed by atoms with Crippen molar-refractivity contribution in [3.05, 3.63) is 47.9 Å². The first-order chi connectivity index (χ1) is 10.7. The van der Waals surface area contributed by atoms with Crippen LogP contribution in [0.15, 0.2) is 36.7 Å². The summed E-state index contributed by atoms with van der Waals surface area (Å²) in [5, 5.41) is 13.4. The zero-order chi connectivity index (χ0) is 15.5. The Morgan fingerprint density at radius 2 is 2.18 bits per heavy atom. The van der Waals surface area contributed by atoms with Crippen LogP contribution in [0.1, 0.15) is 16.1 Å². The smallest absolute Gasteiger partial charge is 0.260 e. The third-order valence-corrected chi connectivity index (χ3v) is 4.22. The second kappa shape index (κ2) is 5.98. The van der Waals surface area contributed by atoms with E-state index in [0.29, 0.717) is 5.56 Å². The van der Waals surface area contributed by atoms with Crippen LogP contribution in [0.5, 0.6) is 0 Å². The summed E-state index contributed by atoms with van der Waals surface area (Å²) in [7, 11) is 1.78. The number of benzene rings is 1. The zero-order valence-electron chi connectivity index (χ0n) is 12.2. The molecule has 0 aliphatic rings. The number of aromatic amines is 1. The van der Waals surface area contributed by atoms with Crippen LogP contribution in [0, 0.1) is 6.92 Å². The van der Waals surface area contributed by atoms with Gasteiger partial charge in [0, 0.05) is 24.5 Å². The molecular formula is C15H15N5OS. The van der Waals surface area contributed by atoms with Crippen molar-refractivity contribution >= 4 is 28.1 Å². The number of carbonyl (C=O) groups is 1. The number of carbonyl (C=O) groups excluding carboxylic acids is 1. The lowest BCUT2D eigenvalue weighted by Crippen LogP contribution is -2.14. The Labute approximate surface area is 131 Å². The summed E-state index contributed by atoms with van der Waals surface area (Å²) < 4.78 is 4.21. The molecule has 0 spiro atoms. The molecule has 1 amide bonds. The van der Waals surface area contributed by atoms with Crippen LogP contribution in [-0.2, 0) is 0 Å². The van der Waals surface area contributed by atoms with E-state index in [1.165, 1.54) is 11.5 Å². The molecule has 7 heteroatoms. The van der Waals surface area contributed by atoms with Gasteiger partial charge in [-0.15, -0.1) is 0 Å². The highest BCUT2D eigenvalue weighted by atomic mass is 32.1. The molecule has 112 valence electrons. The number of hydrogen-bond acceptors (Lipinski definition) is 5. The number of nitrogens with one attached hydrogen (secondary N) is 3. The van der Waals surface area contributed by atoms with E-state index in [1.54, 1.807) is 13.2 Å². The summed E-state index contributed by atoms with van der Waals surface area (Å²) in [5.74, 6) is -0.167. The Bertz CT molecular complexity index is 794. The van der Waals surface area contributed by atoms with Crippen molar-refractivity contribution < 1.29 is 4.79 Å². The third kappa shape index (κ3) is 2.71. The molecule has 0 saturated carbocycles. The highest BCUT2D eigenvalue weighted by Gasteiger charge is 2.17. The summed E-state index contributed by atoms with van der Waals surface area (Å²) in [5.41, 5.74) is 4.00. The second-order valence-corrected chi connectivity index (χ2v) is 5.52. The summed E-state index contributed by atoms with van der Waals surface area (Å²) in [4.78, 5) is 12.5. The fraction of sp³-hybridized carbons (Fsp3) is 0.133. The molecule has 0 unspecified atom stereocenters. The van der Waals surface area contributed by atoms with Crippen LogP contribution in [0.25, 0.3) is 11.1 Å². The first-order valence-electron chi connectivity index (χ1n) is 6.73. The minimum Gasteiger partial charge on any atom is -0.378 e. The molecule has 0 aliphatic heterocycles. The van der Waals surface area contributed by atoms with Gasteiger partial charge in [-0.2, -0.15) is 9.47 Å². The molecule has 2 heterocycles. The topological polar surface area (TPSA) is 82.7 Å². The second-order valence-electron chi connectivity index (χ2n) is 4.74. The fourth-order valence-corrected chi connectivity index (χ4v) is 2.93.